The summed E-state index contributed by atoms with van der Waals surface area (Å²) in [6.45, 7) is 2.06. The van der Waals surface area contributed by atoms with Crippen LogP contribution >= 0.6 is 22.6 Å². The predicted molar refractivity (Wildman–Crippen MR) is 91.1 cm³/mol. The summed E-state index contributed by atoms with van der Waals surface area (Å²) >= 11 is 2.28. The summed E-state index contributed by atoms with van der Waals surface area (Å²) in [5.74, 6) is 0.754. The van der Waals surface area contributed by atoms with Crippen molar-refractivity contribution in [2.24, 2.45) is 17.8 Å². The number of aryl methyl sites for hydroxylation is 1. The van der Waals surface area contributed by atoms with Gasteiger partial charge in [-0.2, -0.15) is 0 Å². The standard InChI is InChI=1S/C17H20INO2/c1-10-5-6-14(9-15(10)18)19-17(21)13-7-11-3-2-4-12(8-13)16(11)20/h5-6,9,11-13H,2-4,7-8H2,1H3,(H,19,21)/t11-,12-/m0/s1. The number of anilines is 1. The van der Waals surface area contributed by atoms with E-state index >= 15 is 0 Å². The number of Topliss-reactive ketones (excluding diaryl/α,β-unsaturated/α-hetero) is 1. The smallest absolute Gasteiger partial charge is 0.227 e. The van der Waals surface area contributed by atoms with E-state index in [9.17, 15) is 9.59 Å². The van der Waals surface area contributed by atoms with Crippen LogP contribution in [0, 0.1) is 28.2 Å². The molecular weight excluding hydrogens is 377 g/mol. The Balaban J connectivity index is 1.68. The SMILES string of the molecule is Cc1ccc(NC(=O)C2C[C@@H]3CCC[C@@H](C2)C3=O)cc1I. The van der Waals surface area contributed by atoms with Gasteiger partial charge in [-0.3, -0.25) is 9.59 Å². The van der Waals surface area contributed by atoms with E-state index in [4.69, 9.17) is 0 Å². The molecule has 0 aliphatic heterocycles. The lowest BCUT2D eigenvalue weighted by Gasteiger charge is -2.36. The topological polar surface area (TPSA) is 46.2 Å². The van der Waals surface area contributed by atoms with Crippen molar-refractivity contribution >= 4 is 40.0 Å². The van der Waals surface area contributed by atoms with Crippen LogP contribution in [0.15, 0.2) is 18.2 Å². The molecule has 0 heterocycles. The van der Waals surface area contributed by atoms with Gasteiger partial charge in [-0.1, -0.05) is 12.5 Å². The summed E-state index contributed by atoms with van der Waals surface area (Å²) < 4.78 is 1.15. The maximum atomic E-state index is 12.5. The Hall–Kier alpha value is -0.910. The Labute approximate surface area is 139 Å². The molecule has 0 spiro atoms. The van der Waals surface area contributed by atoms with Crippen LogP contribution in [0.5, 0.6) is 0 Å². The largest absolute Gasteiger partial charge is 0.326 e. The molecular formula is C17H20INO2. The first-order chi connectivity index (χ1) is 10.0. The van der Waals surface area contributed by atoms with E-state index in [1.807, 2.05) is 18.2 Å². The maximum Gasteiger partial charge on any atom is 0.227 e. The number of hydrogen-bond acceptors (Lipinski definition) is 2. The van der Waals surface area contributed by atoms with Crippen molar-refractivity contribution in [1.82, 2.24) is 0 Å². The van der Waals surface area contributed by atoms with Gasteiger partial charge in [0, 0.05) is 27.0 Å². The lowest BCUT2D eigenvalue weighted by molar-refractivity contribution is -0.136. The van der Waals surface area contributed by atoms with Crippen LogP contribution in [-0.2, 0) is 9.59 Å². The van der Waals surface area contributed by atoms with E-state index < -0.39 is 0 Å². The minimum absolute atomic E-state index is 0.00281. The van der Waals surface area contributed by atoms with Crippen molar-refractivity contribution in [3.05, 3.63) is 27.3 Å². The normalized spacial score (nSPS) is 28.3. The Kier molecular flexibility index (Phi) is 4.33. The zero-order chi connectivity index (χ0) is 15.0. The van der Waals surface area contributed by atoms with Crippen molar-refractivity contribution < 1.29 is 9.59 Å². The van der Waals surface area contributed by atoms with Gasteiger partial charge >= 0.3 is 0 Å². The van der Waals surface area contributed by atoms with Crippen molar-refractivity contribution in [3.63, 3.8) is 0 Å². The highest BCUT2D eigenvalue weighted by Crippen LogP contribution is 2.40. The minimum Gasteiger partial charge on any atom is -0.326 e. The number of rotatable bonds is 2. The van der Waals surface area contributed by atoms with Gasteiger partial charge in [0.1, 0.15) is 5.78 Å². The van der Waals surface area contributed by atoms with Gasteiger partial charge in [0.2, 0.25) is 5.91 Å². The average Bonchev–Trinajstić information content (AvgIpc) is 2.42. The second-order valence-corrected chi connectivity index (χ2v) is 7.51. The fraction of sp³-hybridized carbons (Fsp3) is 0.529. The van der Waals surface area contributed by atoms with Crippen LogP contribution in [0.4, 0.5) is 5.69 Å². The monoisotopic (exact) mass is 397 g/mol. The molecule has 112 valence electrons. The van der Waals surface area contributed by atoms with Gasteiger partial charge in [-0.05, 0) is 72.9 Å². The molecule has 4 heteroatoms. The van der Waals surface area contributed by atoms with Gasteiger partial charge in [-0.25, -0.2) is 0 Å². The van der Waals surface area contributed by atoms with E-state index in [1.165, 1.54) is 5.56 Å². The number of ketones is 1. The number of carbonyl (C=O) groups excluding carboxylic acids is 2. The molecule has 21 heavy (non-hydrogen) atoms. The summed E-state index contributed by atoms with van der Waals surface area (Å²) in [4.78, 5) is 24.6. The van der Waals surface area contributed by atoms with Gasteiger partial charge in [0.25, 0.3) is 0 Å². The number of fused-ring (bicyclic) bond motifs is 2. The fourth-order valence-electron chi connectivity index (χ4n) is 3.61. The molecule has 1 N–H and O–H groups in total. The third kappa shape index (κ3) is 3.15. The zero-order valence-electron chi connectivity index (χ0n) is 12.2. The highest BCUT2D eigenvalue weighted by Gasteiger charge is 2.41. The molecule has 1 aromatic rings. The summed E-state index contributed by atoms with van der Waals surface area (Å²) in [7, 11) is 0. The van der Waals surface area contributed by atoms with E-state index in [2.05, 4.69) is 34.8 Å². The van der Waals surface area contributed by atoms with Crippen molar-refractivity contribution in [2.45, 2.75) is 39.0 Å². The van der Waals surface area contributed by atoms with Crippen LogP contribution in [0.3, 0.4) is 0 Å². The fourth-order valence-corrected chi connectivity index (χ4v) is 4.12. The molecule has 0 saturated heterocycles. The third-order valence-electron chi connectivity index (χ3n) is 4.86. The van der Waals surface area contributed by atoms with Crippen LogP contribution in [0.2, 0.25) is 0 Å². The number of amides is 1. The van der Waals surface area contributed by atoms with Crippen molar-refractivity contribution in [1.29, 1.82) is 0 Å². The molecule has 2 bridgehead atoms. The Bertz CT molecular complexity index is 568. The molecule has 3 nitrogen and oxygen atoms in total. The number of hydrogen-bond donors (Lipinski definition) is 1. The molecule has 2 atom stereocenters. The van der Waals surface area contributed by atoms with E-state index in [1.54, 1.807) is 0 Å². The second-order valence-electron chi connectivity index (χ2n) is 6.35. The molecule has 2 fully saturated rings. The quantitative estimate of drug-likeness (QED) is 0.769. The summed E-state index contributed by atoms with van der Waals surface area (Å²) in [6, 6.07) is 5.98. The Morgan fingerprint density at radius 1 is 1.24 bits per heavy atom. The highest BCUT2D eigenvalue weighted by atomic mass is 127. The Morgan fingerprint density at radius 2 is 1.90 bits per heavy atom. The number of nitrogens with one attached hydrogen (secondary N) is 1. The minimum atomic E-state index is -0.00281. The molecule has 2 saturated carbocycles. The molecule has 1 amide bonds. The molecule has 0 aromatic heterocycles. The van der Waals surface area contributed by atoms with Crippen LogP contribution in [-0.4, -0.2) is 11.7 Å². The first kappa shape index (κ1) is 15.0. The van der Waals surface area contributed by atoms with Crippen LogP contribution < -0.4 is 5.32 Å². The van der Waals surface area contributed by atoms with E-state index in [-0.39, 0.29) is 23.7 Å². The summed E-state index contributed by atoms with van der Waals surface area (Å²) in [5.41, 5.74) is 2.07. The van der Waals surface area contributed by atoms with Crippen LogP contribution in [0.1, 0.15) is 37.7 Å². The maximum absolute atomic E-state index is 12.5. The molecule has 2 aliphatic carbocycles. The molecule has 0 radical (unpaired) electrons. The van der Waals surface area contributed by atoms with Gasteiger partial charge in [0.05, 0.1) is 0 Å². The zero-order valence-corrected chi connectivity index (χ0v) is 14.4. The lowest BCUT2D eigenvalue weighted by Crippen LogP contribution is -2.40. The summed E-state index contributed by atoms with van der Waals surface area (Å²) in [6.07, 6.45) is 4.57. The van der Waals surface area contributed by atoms with Crippen LogP contribution in [0.25, 0.3) is 0 Å². The third-order valence-corrected chi connectivity index (χ3v) is 6.02. The summed E-state index contributed by atoms with van der Waals surface area (Å²) in [5, 5.41) is 3.03. The van der Waals surface area contributed by atoms with Crippen molar-refractivity contribution in [3.8, 4) is 0 Å². The van der Waals surface area contributed by atoms with E-state index in [0.717, 1.165) is 41.4 Å². The number of carbonyl (C=O) groups is 2. The first-order valence-corrected chi connectivity index (χ1v) is 8.73. The molecule has 3 rings (SSSR count). The second kappa shape index (κ2) is 6.07. The molecule has 1 aromatic carbocycles. The first-order valence-electron chi connectivity index (χ1n) is 7.65. The predicted octanol–water partition coefficient (Wildman–Crippen LogP) is 3.93. The highest BCUT2D eigenvalue weighted by molar-refractivity contribution is 14.1. The molecule has 2 aliphatic rings. The van der Waals surface area contributed by atoms with E-state index in [0.29, 0.717) is 5.78 Å². The van der Waals surface area contributed by atoms with Crippen molar-refractivity contribution in [2.75, 3.05) is 5.32 Å². The number of halogens is 1. The van der Waals surface area contributed by atoms with Gasteiger partial charge in [-0.15, -0.1) is 0 Å². The van der Waals surface area contributed by atoms with Gasteiger partial charge in [0.15, 0.2) is 0 Å². The average molecular weight is 397 g/mol. The lowest BCUT2D eigenvalue weighted by atomic mass is 9.67. The van der Waals surface area contributed by atoms with Gasteiger partial charge < -0.3 is 5.32 Å². The Morgan fingerprint density at radius 3 is 2.52 bits per heavy atom. The number of benzene rings is 1. The molecule has 0 unspecified atom stereocenters.